The first-order valence-corrected chi connectivity index (χ1v) is 7.22. The van der Waals surface area contributed by atoms with Gasteiger partial charge < -0.3 is 5.73 Å². The molecular formula is C18H17N3. The lowest BCUT2D eigenvalue weighted by atomic mass is 10.1. The van der Waals surface area contributed by atoms with Crippen molar-refractivity contribution in [3.05, 3.63) is 71.4 Å². The van der Waals surface area contributed by atoms with Gasteiger partial charge in [-0.15, -0.1) is 0 Å². The molecule has 4 rings (SSSR count). The standard InChI is InChI=1S/C18H17N3/c19-17-6-3-4-13-10-21(12-16(13)17)11-14-8-9-20-18-7-2-1-5-15(14)18/h1-9H,10-12,19H2. The molecule has 0 amide bonds. The van der Waals surface area contributed by atoms with Crippen LogP contribution in [0.3, 0.4) is 0 Å². The van der Waals surface area contributed by atoms with E-state index in [-0.39, 0.29) is 0 Å². The Bertz CT molecular complexity index is 805. The van der Waals surface area contributed by atoms with E-state index < -0.39 is 0 Å². The number of nitrogens with zero attached hydrogens (tertiary/aromatic N) is 2. The third-order valence-electron chi connectivity index (χ3n) is 4.22. The van der Waals surface area contributed by atoms with Crippen molar-refractivity contribution in [1.29, 1.82) is 0 Å². The number of hydrogen-bond donors (Lipinski definition) is 1. The Labute approximate surface area is 124 Å². The number of pyridine rings is 1. The summed E-state index contributed by atoms with van der Waals surface area (Å²) in [5, 5.41) is 1.24. The van der Waals surface area contributed by atoms with Crippen LogP contribution >= 0.6 is 0 Å². The molecule has 0 unspecified atom stereocenters. The summed E-state index contributed by atoms with van der Waals surface area (Å²) < 4.78 is 0. The second kappa shape index (κ2) is 4.86. The predicted molar refractivity (Wildman–Crippen MR) is 85.5 cm³/mol. The van der Waals surface area contributed by atoms with E-state index in [1.165, 1.54) is 22.1 Å². The molecule has 0 saturated heterocycles. The van der Waals surface area contributed by atoms with Gasteiger partial charge in [0.2, 0.25) is 0 Å². The van der Waals surface area contributed by atoms with Gasteiger partial charge in [-0.05, 0) is 34.9 Å². The normalized spacial score (nSPS) is 14.5. The largest absolute Gasteiger partial charge is 0.398 e. The number of para-hydroxylation sites is 1. The van der Waals surface area contributed by atoms with Gasteiger partial charge in [0.05, 0.1) is 5.52 Å². The van der Waals surface area contributed by atoms with E-state index in [4.69, 9.17) is 5.73 Å². The van der Waals surface area contributed by atoms with Crippen LogP contribution in [-0.4, -0.2) is 9.88 Å². The average molecular weight is 275 g/mol. The molecule has 2 N–H and O–H groups in total. The lowest BCUT2D eigenvalue weighted by Crippen LogP contribution is -2.16. The van der Waals surface area contributed by atoms with E-state index in [0.29, 0.717) is 0 Å². The van der Waals surface area contributed by atoms with E-state index in [9.17, 15) is 0 Å². The fraction of sp³-hybridized carbons (Fsp3) is 0.167. The van der Waals surface area contributed by atoms with E-state index in [1.807, 2.05) is 24.4 Å². The molecule has 0 radical (unpaired) electrons. The molecule has 21 heavy (non-hydrogen) atoms. The second-order valence-corrected chi connectivity index (χ2v) is 5.62. The minimum absolute atomic E-state index is 0.912. The maximum absolute atomic E-state index is 6.08. The maximum atomic E-state index is 6.08. The first kappa shape index (κ1) is 12.4. The highest BCUT2D eigenvalue weighted by molar-refractivity contribution is 5.81. The van der Waals surface area contributed by atoms with Gasteiger partial charge in [0.25, 0.3) is 0 Å². The molecule has 2 heterocycles. The molecule has 0 bridgehead atoms. The Balaban J connectivity index is 1.64. The monoisotopic (exact) mass is 275 g/mol. The summed E-state index contributed by atoms with van der Waals surface area (Å²) in [6.45, 7) is 2.83. The zero-order valence-electron chi connectivity index (χ0n) is 11.8. The number of anilines is 1. The highest BCUT2D eigenvalue weighted by Gasteiger charge is 2.21. The molecule has 0 spiro atoms. The van der Waals surface area contributed by atoms with Gasteiger partial charge in [-0.3, -0.25) is 9.88 Å². The lowest BCUT2D eigenvalue weighted by Gasteiger charge is -2.16. The van der Waals surface area contributed by atoms with Crippen molar-refractivity contribution >= 4 is 16.6 Å². The smallest absolute Gasteiger partial charge is 0.0705 e. The van der Waals surface area contributed by atoms with Crippen LogP contribution in [0, 0.1) is 0 Å². The Morgan fingerprint density at radius 1 is 1.00 bits per heavy atom. The molecule has 0 saturated carbocycles. The summed E-state index contributed by atoms with van der Waals surface area (Å²) in [6, 6.07) is 16.6. The summed E-state index contributed by atoms with van der Waals surface area (Å²) in [7, 11) is 0. The Morgan fingerprint density at radius 3 is 2.81 bits per heavy atom. The maximum Gasteiger partial charge on any atom is 0.0705 e. The minimum Gasteiger partial charge on any atom is -0.398 e. The van der Waals surface area contributed by atoms with Gasteiger partial charge in [-0.1, -0.05) is 30.3 Å². The highest BCUT2D eigenvalue weighted by Crippen LogP contribution is 2.29. The second-order valence-electron chi connectivity index (χ2n) is 5.62. The number of nitrogens with two attached hydrogens (primary N) is 1. The summed E-state index contributed by atoms with van der Waals surface area (Å²) in [6.07, 6.45) is 1.90. The first-order chi connectivity index (χ1) is 10.3. The lowest BCUT2D eigenvalue weighted by molar-refractivity contribution is 0.276. The van der Waals surface area contributed by atoms with E-state index in [2.05, 4.69) is 40.2 Å². The fourth-order valence-corrected chi connectivity index (χ4v) is 3.16. The van der Waals surface area contributed by atoms with Crippen molar-refractivity contribution < 1.29 is 0 Å². The number of benzene rings is 2. The highest BCUT2D eigenvalue weighted by atomic mass is 15.1. The topological polar surface area (TPSA) is 42.1 Å². The van der Waals surface area contributed by atoms with Gasteiger partial charge in [0.1, 0.15) is 0 Å². The summed E-state index contributed by atoms with van der Waals surface area (Å²) >= 11 is 0. The molecule has 0 fully saturated rings. The Morgan fingerprint density at radius 2 is 1.90 bits per heavy atom. The van der Waals surface area contributed by atoms with Gasteiger partial charge >= 0.3 is 0 Å². The molecule has 2 aromatic carbocycles. The fourth-order valence-electron chi connectivity index (χ4n) is 3.16. The van der Waals surface area contributed by atoms with Crippen LogP contribution < -0.4 is 5.73 Å². The van der Waals surface area contributed by atoms with Crippen LogP contribution in [0.1, 0.15) is 16.7 Å². The molecule has 3 aromatic rings. The van der Waals surface area contributed by atoms with Crippen molar-refractivity contribution in [2.45, 2.75) is 19.6 Å². The van der Waals surface area contributed by atoms with Crippen LogP contribution in [0.2, 0.25) is 0 Å². The van der Waals surface area contributed by atoms with Gasteiger partial charge in [-0.25, -0.2) is 0 Å². The summed E-state index contributed by atoms with van der Waals surface area (Å²) in [4.78, 5) is 6.86. The van der Waals surface area contributed by atoms with E-state index >= 15 is 0 Å². The van der Waals surface area contributed by atoms with Crippen LogP contribution in [-0.2, 0) is 19.6 Å². The number of nitrogen functional groups attached to an aromatic ring is 1. The van der Waals surface area contributed by atoms with Crippen molar-refractivity contribution in [3.8, 4) is 0 Å². The van der Waals surface area contributed by atoms with E-state index in [1.54, 1.807) is 0 Å². The number of aromatic nitrogens is 1. The summed E-state index contributed by atoms with van der Waals surface area (Å²) in [5.41, 5.74) is 12.0. The quantitative estimate of drug-likeness (QED) is 0.729. The first-order valence-electron chi connectivity index (χ1n) is 7.22. The van der Waals surface area contributed by atoms with Crippen LogP contribution in [0.4, 0.5) is 5.69 Å². The minimum atomic E-state index is 0.912. The Hall–Kier alpha value is -2.39. The predicted octanol–water partition coefficient (Wildman–Crippen LogP) is 3.33. The molecule has 3 heteroatoms. The molecule has 104 valence electrons. The molecule has 1 aromatic heterocycles. The van der Waals surface area contributed by atoms with Crippen LogP contribution in [0.5, 0.6) is 0 Å². The van der Waals surface area contributed by atoms with Gasteiger partial charge in [0, 0.05) is 36.9 Å². The Kier molecular flexibility index (Phi) is 2.86. The number of hydrogen-bond acceptors (Lipinski definition) is 3. The van der Waals surface area contributed by atoms with Crippen molar-refractivity contribution in [1.82, 2.24) is 9.88 Å². The van der Waals surface area contributed by atoms with Crippen LogP contribution in [0.25, 0.3) is 10.9 Å². The number of fused-ring (bicyclic) bond motifs is 2. The molecule has 1 aliphatic rings. The van der Waals surface area contributed by atoms with Crippen molar-refractivity contribution in [2.24, 2.45) is 0 Å². The molecular weight excluding hydrogens is 258 g/mol. The third-order valence-corrected chi connectivity index (χ3v) is 4.22. The average Bonchev–Trinajstić information content (AvgIpc) is 2.92. The van der Waals surface area contributed by atoms with Crippen molar-refractivity contribution in [3.63, 3.8) is 0 Å². The van der Waals surface area contributed by atoms with E-state index in [0.717, 1.165) is 30.8 Å². The SMILES string of the molecule is Nc1cccc2c1CN(Cc1ccnc3ccccc13)C2. The zero-order chi connectivity index (χ0) is 14.2. The summed E-state index contributed by atoms with van der Waals surface area (Å²) in [5.74, 6) is 0. The number of rotatable bonds is 2. The van der Waals surface area contributed by atoms with Gasteiger partial charge in [-0.2, -0.15) is 0 Å². The zero-order valence-corrected chi connectivity index (χ0v) is 11.8. The van der Waals surface area contributed by atoms with Crippen molar-refractivity contribution in [2.75, 3.05) is 5.73 Å². The van der Waals surface area contributed by atoms with Crippen LogP contribution in [0.15, 0.2) is 54.7 Å². The molecule has 1 aliphatic heterocycles. The third kappa shape index (κ3) is 2.16. The molecule has 0 atom stereocenters. The molecule has 3 nitrogen and oxygen atoms in total. The molecule has 0 aliphatic carbocycles. The van der Waals surface area contributed by atoms with Gasteiger partial charge in [0.15, 0.2) is 0 Å².